The molecule has 20 heteroatoms. The van der Waals surface area contributed by atoms with Crippen molar-refractivity contribution in [1.82, 2.24) is 0 Å². The van der Waals surface area contributed by atoms with Crippen LogP contribution in [0.2, 0.25) is 0 Å². The number of hydrogen-bond acceptors (Lipinski definition) is 19. The van der Waals surface area contributed by atoms with Gasteiger partial charge < -0.3 is 89.7 Å². The first-order chi connectivity index (χ1) is 31.5. The number of carbonyl (C=O) groups excluding carboxylic acids is 1. The maximum atomic E-state index is 14.7. The molecule has 0 aromatic carbocycles. The van der Waals surface area contributed by atoms with Crippen molar-refractivity contribution in [1.29, 1.82) is 0 Å². The lowest BCUT2D eigenvalue weighted by molar-refractivity contribution is -0.356. The van der Waals surface area contributed by atoms with Crippen LogP contribution in [0.1, 0.15) is 92.4 Å². The topological polar surface area (TPSA) is 332 Å². The molecular formula is C47H72O20. The highest BCUT2D eigenvalue weighted by Gasteiger charge is 2.71. The second-order valence-electron chi connectivity index (χ2n) is 21.7. The number of fused-ring (bicyclic) bond motifs is 7. The van der Waals surface area contributed by atoms with Crippen LogP contribution in [0.15, 0.2) is 22.8 Å². The Labute approximate surface area is 389 Å². The average molecular weight is 957 g/mol. The molecule has 8 rings (SSSR count). The molecule has 380 valence electrons. The number of allylic oxidation sites excluding steroid dienone is 3. The zero-order valence-corrected chi connectivity index (χ0v) is 38.8. The number of carboxylic acid groups (broad SMARTS) is 1. The Kier molecular flexibility index (Phi) is 14.1. The standard InChI is InChI=1S/C47H72O20/c1-20-21(16-48)8-13-47(42(61)67-40-35(57)33(55)31(53)25(18-50)64-40)15-14-44(3)22(29(20)47)6-7-26-43(2)11-10-28(46(5,41(59)60)27(43)9-12-45(26,44)4)65-38-36(58)37(23(51)19-62-38)66-39-34(56)32(54)30(52)24(17-49)63-39/h6,23-40,48-58H,7-19H2,1-5H3,(H,59,60). The number of aliphatic hydroxyl groups excluding tert-OH is 11. The van der Waals surface area contributed by atoms with Gasteiger partial charge in [-0.2, -0.15) is 0 Å². The van der Waals surface area contributed by atoms with Crippen molar-refractivity contribution in [3.63, 3.8) is 0 Å². The Morgan fingerprint density at radius 3 is 1.96 bits per heavy atom. The minimum absolute atomic E-state index is 0.0335. The predicted molar refractivity (Wildman–Crippen MR) is 228 cm³/mol. The normalized spacial score (nSPS) is 52.2. The van der Waals surface area contributed by atoms with E-state index >= 15 is 0 Å². The molecule has 8 aliphatic rings. The van der Waals surface area contributed by atoms with Crippen molar-refractivity contribution in [2.24, 2.45) is 44.8 Å². The first kappa shape index (κ1) is 51.1. The number of aliphatic hydroxyl groups is 11. The smallest absolute Gasteiger partial charge is 0.315 e. The van der Waals surface area contributed by atoms with Crippen LogP contribution < -0.4 is 0 Å². The summed E-state index contributed by atoms with van der Waals surface area (Å²) in [5, 5.41) is 127. The van der Waals surface area contributed by atoms with Crippen molar-refractivity contribution in [3.8, 4) is 0 Å². The number of carboxylic acids is 1. The molecule has 0 aromatic heterocycles. The van der Waals surface area contributed by atoms with Gasteiger partial charge in [0.2, 0.25) is 6.29 Å². The Morgan fingerprint density at radius 2 is 1.34 bits per heavy atom. The third-order valence-corrected chi connectivity index (χ3v) is 18.9. The zero-order valence-electron chi connectivity index (χ0n) is 38.8. The Bertz CT molecular complexity index is 1930. The summed E-state index contributed by atoms with van der Waals surface area (Å²) in [6.45, 7) is 8.25. The maximum Gasteiger partial charge on any atom is 0.315 e. The van der Waals surface area contributed by atoms with Crippen LogP contribution in [0.25, 0.3) is 0 Å². The molecule has 20 nitrogen and oxygen atoms in total. The SMILES string of the molecule is CC1=C(CO)CCC2(C(=O)OC3OC(CO)C(O)C(O)C3O)CCC3(C)C(=CCC4C5(C)CCC(OC6OCC(O)C(OC7OC(CO)C(O)C(O)C7O)C6O)C(C)(C(=O)O)C5CCC43C)C12. The van der Waals surface area contributed by atoms with E-state index in [0.29, 0.717) is 51.4 Å². The van der Waals surface area contributed by atoms with E-state index < -0.39 is 163 Å². The van der Waals surface area contributed by atoms with Gasteiger partial charge in [0, 0.05) is 5.92 Å². The molecule has 0 spiro atoms. The van der Waals surface area contributed by atoms with Gasteiger partial charge in [0.05, 0.1) is 43.4 Å². The molecule has 3 aliphatic heterocycles. The summed E-state index contributed by atoms with van der Waals surface area (Å²) in [6, 6.07) is 0. The molecule has 0 bridgehead atoms. The summed E-state index contributed by atoms with van der Waals surface area (Å²) in [6.07, 6.45) is -17.0. The second-order valence-corrected chi connectivity index (χ2v) is 21.7. The Balaban J connectivity index is 1.05. The highest BCUT2D eigenvalue weighted by atomic mass is 16.7. The first-order valence-electron chi connectivity index (χ1n) is 23.8. The summed E-state index contributed by atoms with van der Waals surface area (Å²) < 4.78 is 35.0. The Hall–Kier alpha value is -2.22. The summed E-state index contributed by atoms with van der Waals surface area (Å²) >= 11 is 0. The quantitative estimate of drug-likeness (QED) is 0.0691. The van der Waals surface area contributed by atoms with Crippen molar-refractivity contribution >= 4 is 11.9 Å². The molecular weight excluding hydrogens is 884 g/mol. The van der Waals surface area contributed by atoms with Gasteiger partial charge in [-0.25, -0.2) is 0 Å². The van der Waals surface area contributed by atoms with Gasteiger partial charge in [-0.05, 0) is 105 Å². The van der Waals surface area contributed by atoms with Crippen molar-refractivity contribution < 1.29 is 99.3 Å². The molecule has 3 heterocycles. The van der Waals surface area contributed by atoms with Crippen molar-refractivity contribution in [2.75, 3.05) is 26.4 Å². The highest BCUT2D eigenvalue weighted by molar-refractivity contribution is 5.80. The van der Waals surface area contributed by atoms with Gasteiger partial charge in [0.1, 0.15) is 67.1 Å². The van der Waals surface area contributed by atoms with Crippen LogP contribution in [0, 0.1) is 44.8 Å². The molecule has 6 fully saturated rings. The molecule has 23 unspecified atom stereocenters. The summed E-state index contributed by atoms with van der Waals surface area (Å²) in [7, 11) is 0. The zero-order chi connectivity index (χ0) is 48.9. The highest BCUT2D eigenvalue weighted by Crippen LogP contribution is 2.76. The number of hydrogen-bond donors (Lipinski definition) is 12. The number of aliphatic carboxylic acids is 1. The number of rotatable bonds is 10. The van der Waals surface area contributed by atoms with E-state index in [-0.39, 0.29) is 18.9 Å². The van der Waals surface area contributed by atoms with Gasteiger partial charge in [-0.3, -0.25) is 9.59 Å². The summed E-state index contributed by atoms with van der Waals surface area (Å²) in [4.78, 5) is 28.5. The van der Waals surface area contributed by atoms with E-state index in [0.717, 1.165) is 16.7 Å². The second kappa shape index (κ2) is 18.4. The molecule has 0 aromatic rings. The van der Waals surface area contributed by atoms with Gasteiger partial charge in [0.25, 0.3) is 0 Å². The van der Waals surface area contributed by atoms with Gasteiger partial charge >= 0.3 is 11.9 Å². The average Bonchev–Trinajstić information content (AvgIpc) is 3.29. The van der Waals surface area contributed by atoms with E-state index in [4.69, 9.17) is 28.4 Å². The van der Waals surface area contributed by atoms with Gasteiger partial charge in [0.15, 0.2) is 12.6 Å². The molecule has 5 aliphatic carbocycles. The lowest BCUT2D eigenvalue weighted by Gasteiger charge is -2.70. The monoisotopic (exact) mass is 956 g/mol. The number of esters is 1. The minimum atomic E-state index is -1.81. The van der Waals surface area contributed by atoms with E-state index in [1.807, 2.05) is 6.92 Å². The summed E-state index contributed by atoms with van der Waals surface area (Å²) in [5.41, 5.74) is -1.38. The molecule has 3 saturated heterocycles. The molecule has 12 N–H and O–H groups in total. The van der Waals surface area contributed by atoms with Crippen molar-refractivity contribution in [2.45, 2.75) is 185 Å². The number of carbonyl (C=O) groups is 2. The fraction of sp³-hybridized carbons (Fsp3) is 0.872. The van der Waals surface area contributed by atoms with Crippen LogP contribution in [-0.4, -0.2) is 192 Å². The van der Waals surface area contributed by atoms with E-state index in [1.54, 1.807) is 6.92 Å². The molecule has 0 radical (unpaired) electrons. The predicted octanol–water partition coefficient (Wildman–Crippen LogP) is -1.26. The lowest BCUT2D eigenvalue weighted by atomic mass is 9.33. The largest absolute Gasteiger partial charge is 0.481 e. The van der Waals surface area contributed by atoms with Gasteiger partial charge in [-0.1, -0.05) is 38.0 Å². The van der Waals surface area contributed by atoms with E-state index in [9.17, 15) is 70.9 Å². The van der Waals surface area contributed by atoms with Crippen LogP contribution in [0.5, 0.6) is 0 Å². The molecule has 3 saturated carbocycles. The van der Waals surface area contributed by atoms with E-state index in [2.05, 4.69) is 26.8 Å². The van der Waals surface area contributed by atoms with Crippen LogP contribution in [0.4, 0.5) is 0 Å². The molecule has 67 heavy (non-hydrogen) atoms. The third-order valence-electron chi connectivity index (χ3n) is 18.9. The van der Waals surface area contributed by atoms with Crippen molar-refractivity contribution in [3.05, 3.63) is 22.8 Å². The fourth-order valence-electron chi connectivity index (χ4n) is 14.6. The first-order valence-corrected chi connectivity index (χ1v) is 23.8. The Morgan fingerprint density at radius 1 is 0.716 bits per heavy atom. The summed E-state index contributed by atoms with van der Waals surface area (Å²) in [5.74, 6) is -2.68. The van der Waals surface area contributed by atoms with E-state index in [1.165, 1.54) is 0 Å². The molecule has 23 atom stereocenters. The maximum absolute atomic E-state index is 14.7. The van der Waals surface area contributed by atoms with Gasteiger partial charge in [-0.15, -0.1) is 0 Å². The molecule has 0 amide bonds. The van der Waals surface area contributed by atoms with Crippen LogP contribution >= 0.6 is 0 Å². The van der Waals surface area contributed by atoms with Crippen LogP contribution in [0.3, 0.4) is 0 Å². The lowest BCUT2D eigenvalue weighted by Crippen LogP contribution is -2.67. The third kappa shape index (κ3) is 7.70. The number of ether oxygens (including phenoxy) is 6. The van der Waals surface area contributed by atoms with Crippen LogP contribution in [-0.2, 0) is 38.0 Å². The fourth-order valence-corrected chi connectivity index (χ4v) is 14.6. The minimum Gasteiger partial charge on any atom is -0.481 e.